The van der Waals surface area contributed by atoms with Crippen LogP contribution in [-0.4, -0.2) is 34.3 Å². The number of anilines is 3. The predicted octanol–water partition coefficient (Wildman–Crippen LogP) is 4.16. The van der Waals surface area contributed by atoms with Gasteiger partial charge in [-0.05, 0) is 48.6 Å². The fraction of sp³-hybridized carbons (Fsp3) is 0.294. The number of thiophene rings is 1. The molecule has 7 heteroatoms. The van der Waals surface area contributed by atoms with Crippen LogP contribution < -0.4 is 10.2 Å². The second-order valence-corrected chi connectivity index (χ2v) is 7.69. The first-order chi connectivity index (χ1) is 11.7. The monoisotopic (exact) mass is 404 g/mol. The molecule has 1 saturated heterocycles. The van der Waals surface area contributed by atoms with Crippen LogP contribution in [0.3, 0.4) is 0 Å². The molecule has 0 amide bonds. The van der Waals surface area contributed by atoms with Crippen LogP contribution in [0.15, 0.2) is 40.2 Å². The van der Waals surface area contributed by atoms with Gasteiger partial charge >= 0.3 is 0 Å². The lowest BCUT2D eigenvalue weighted by Gasteiger charge is -2.29. The molecule has 0 radical (unpaired) electrons. The van der Waals surface area contributed by atoms with E-state index in [1.807, 2.05) is 35.7 Å². The molecule has 0 atom stereocenters. The smallest absolute Gasteiger partial charge is 0.227 e. The van der Waals surface area contributed by atoms with Gasteiger partial charge in [-0.2, -0.15) is 4.98 Å². The first kappa shape index (κ1) is 15.8. The molecule has 3 aromatic rings. The highest BCUT2D eigenvalue weighted by atomic mass is 79.9. The maximum atomic E-state index is 9.70. The number of fused-ring (bicyclic) bond motifs is 1. The molecule has 0 spiro atoms. The Morgan fingerprint density at radius 1 is 1.12 bits per heavy atom. The molecule has 0 aliphatic carbocycles. The summed E-state index contributed by atoms with van der Waals surface area (Å²) in [6.45, 7) is 1.57. The molecule has 0 bridgehead atoms. The Kier molecular flexibility index (Phi) is 4.39. The van der Waals surface area contributed by atoms with E-state index >= 15 is 0 Å². The van der Waals surface area contributed by atoms with Crippen molar-refractivity contribution >= 4 is 54.9 Å². The molecule has 0 saturated carbocycles. The van der Waals surface area contributed by atoms with Gasteiger partial charge < -0.3 is 15.3 Å². The number of aliphatic hydroxyl groups is 1. The molecule has 1 fully saturated rings. The van der Waals surface area contributed by atoms with Crippen molar-refractivity contribution in [1.29, 1.82) is 0 Å². The molecule has 4 rings (SSSR count). The van der Waals surface area contributed by atoms with E-state index in [1.165, 1.54) is 0 Å². The summed E-state index contributed by atoms with van der Waals surface area (Å²) in [5.41, 5.74) is 1.95. The summed E-state index contributed by atoms with van der Waals surface area (Å²) in [5, 5.41) is 15.2. The Hall–Kier alpha value is -1.70. The van der Waals surface area contributed by atoms with E-state index < -0.39 is 0 Å². The zero-order valence-corrected chi connectivity index (χ0v) is 15.3. The van der Waals surface area contributed by atoms with Crippen molar-refractivity contribution in [2.24, 2.45) is 0 Å². The Bertz CT molecular complexity index is 843. The quantitative estimate of drug-likeness (QED) is 0.685. The van der Waals surface area contributed by atoms with E-state index in [1.54, 1.807) is 11.3 Å². The first-order valence-electron chi connectivity index (χ1n) is 7.90. The highest BCUT2D eigenvalue weighted by Gasteiger charge is 2.21. The normalized spacial score (nSPS) is 15.8. The fourth-order valence-corrected chi connectivity index (χ4v) is 3.85. The van der Waals surface area contributed by atoms with E-state index in [-0.39, 0.29) is 6.10 Å². The van der Waals surface area contributed by atoms with Crippen molar-refractivity contribution in [2.45, 2.75) is 18.9 Å². The average molecular weight is 405 g/mol. The van der Waals surface area contributed by atoms with Gasteiger partial charge in [0.05, 0.1) is 16.3 Å². The summed E-state index contributed by atoms with van der Waals surface area (Å²) in [4.78, 5) is 11.6. The number of rotatable bonds is 3. The molecule has 1 aliphatic heterocycles. The van der Waals surface area contributed by atoms with Crippen molar-refractivity contribution in [3.8, 4) is 0 Å². The fourth-order valence-electron chi connectivity index (χ4n) is 2.81. The van der Waals surface area contributed by atoms with Crippen LogP contribution in [0.4, 0.5) is 17.5 Å². The van der Waals surface area contributed by atoms with Gasteiger partial charge in [-0.15, -0.1) is 11.3 Å². The van der Waals surface area contributed by atoms with Crippen molar-refractivity contribution in [3.05, 3.63) is 40.2 Å². The summed E-state index contributed by atoms with van der Waals surface area (Å²) in [7, 11) is 0. The lowest BCUT2D eigenvalue weighted by atomic mass is 10.1. The van der Waals surface area contributed by atoms with Gasteiger partial charge in [-0.1, -0.05) is 15.9 Å². The number of benzene rings is 1. The second-order valence-electron chi connectivity index (χ2n) is 5.86. The van der Waals surface area contributed by atoms with Crippen LogP contribution in [0.1, 0.15) is 12.8 Å². The molecule has 24 heavy (non-hydrogen) atoms. The summed E-state index contributed by atoms with van der Waals surface area (Å²) in [5.74, 6) is 1.56. The Labute approximate surface area is 152 Å². The van der Waals surface area contributed by atoms with E-state index in [2.05, 4.69) is 26.1 Å². The molecule has 2 aromatic heterocycles. The summed E-state index contributed by atoms with van der Waals surface area (Å²) in [6.07, 6.45) is 1.33. The molecule has 1 aromatic carbocycles. The van der Waals surface area contributed by atoms with Crippen molar-refractivity contribution < 1.29 is 5.11 Å². The van der Waals surface area contributed by atoms with Crippen LogP contribution in [0.5, 0.6) is 0 Å². The third-order valence-corrected chi connectivity index (χ3v) is 5.59. The third kappa shape index (κ3) is 3.24. The average Bonchev–Trinajstić information content (AvgIpc) is 3.06. The van der Waals surface area contributed by atoms with E-state index in [0.29, 0.717) is 0 Å². The number of nitrogens with one attached hydrogen (secondary N) is 1. The molecule has 0 unspecified atom stereocenters. The van der Waals surface area contributed by atoms with Crippen molar-refractivity contribution in [3.63, 3.8) is 0 Å². The first-order valence-corrected chi connectivity index (χ1v) is 9.57. The van der Waals surface area contributed by atoms with Crippen molar-refractivity contribution in [2.75, 3.05) is 23.3 Å². The van der Waals surface area contributed by atoms with Crippen LogP contribution >= 0.6 is 27.3 Å². The molecule has 2 N–H and O–H groups in total. The second kappa shape index (κ2) is 6.66. The van der Waals surface area contributed by atoms with E-state index in [4.69, 9.17) is 9.97 Å². The van der Waals surface area contributed by atoms with E-state index in [9.17, 15) is 5.11 Å². The van der Waals surface area contributed by atoms with Gasteiger partial charge in [-0.25, -0.2) is 4.98 Å². The minimum Gasteiger partial charge on any atom is -0.393 e. The topological polar surface area (TPSA) is 61.3 Å². The zero-order chi connectivity index (χ0) is 16.5. The molecular formula is C17H17BrN4OS. The highest BCUT2D eigenvalue weighted by molar-refractivity contribution is 9.10. The largest absolute Gasteiger partial charge is 0.393 e. The predicted molar refractivity (Wildman–Crippen MR) is 102 cm³/mol. The van der Waals surface area contributed by atoms with Gasteiger partial charge in [0.25, 0.3) is 0 Å². The van der Waals surface area contributed by atoms with Gasteiger partial charge in [0.2, 0.25) is 5.95 Å². The van der Waals surface area contributed by atoms with Gasteiger partial charge in [0.1, 0.15) is 0 Å². The van der Waals surface area contributed by atoms with Gasteiger partial charge in [-0.3, -0.25) is 0 Å². The number of piperidine rings is 1. The van der Waals surface area contributed by atoms with Crippen LogP contribution in [0.25, 0.3) is 10.2 Å². The Morgan fingerprint density at radius 2 is 1.88 bits per heavy atom. The SMILES string of the molecule is OC1CCN(c2nc(Nc3ccc(Br)cc3)c3sccc3n2)CC1. The van der Waals surface area contributed by atoms with E-state index in [0.717, 1.165) is 58.1 Å². The molecular weight excluding hydrogens is 388 g/mol. The lowest BCUT2D eigenvalue weighted by Crippen LogP contribution is -2.36. The summed E-state index contributed by atoms with van der Waals surface area (Å²) in [6, 6.07) is 10.1. The number of halogens is 1. The number of hydrogen-bond acceptors (Lipinski definition) is 6. The maximum Gasteiger partial charge on any atom is 0.227 e. The lowest BCUT2D eigenvalue weighted by molar-refractivity contribution is 0.145. The number of aromatic nitrogens is 2. The highest BCUT2D eigenvalue weighted by Crippen LogP contribution is 2.31. The van der Waals surface area contributed by atoms with Gasteiger partial charge in [0, 0.05) is 23.2 Å². The minimum atomic E-state index is -0.202. The van der Waals surface area contributed by atoms with Crippen LogP contribution in [0, 0.1) is 0 Å². The minimum absolute atomic E-state index is 0.202. The van der Waals surface area contributed by atoms with Crippen LogP contribution in [-0.2, 0) is 0 Å². The summed E-state index contributed by atoms with van der Waals surface area (Å²) >= 11 is 5.09. The standard InChI is InChI=1S/C17H17BrN4OS/c18-11-1-3-12(4-2-11)19-16-15-14(7-10-24-15)20-17(21-16)22-8-5-13(23)6-9-22/h1-4,7,10,13,23H,5-6,8-9H2,(H,19,20,21). The Morgan fingerprint density at radius 3 is 2.62 bits per heavy atom. The number of aliphatic hydroxyl groups excluding tert-OH is 1. The van der Waals surface area contributed by atoms with Crippen molar-refractivity contribution in [1.82, 2.24) is 9.97 Å². The number of hydrogen-bond donors (Lipinski definition) is 2. The molecule has 1 aliphatic rings. The van der Waals surface area contributed by atoms with Gasteiger partial charge in [0.15, 0.2) is 5.82 Å². The van der Waals surface area contributed by atoms with Crippen LogP contribution in [0.2, 0.25) is 0 Å². The maximum absolute atomic E-state index is 9.70. The zero-order valence-electron chi connectivity index (χ0n) is 12.9. The third-order valence-electron chi connectivity index (χ3n) is 4.15. The summed E-state index contributed by atoms with van der Waals surface area (Å²) < 4.78 is 2.10. The molecule has 3 heterocycles. The molecule has 5 nitrogen and oxygen atoms in total. The Balaban J connectivity index is 1.68. The molecule has 124 valence electrons. The number of nitrogens with zero attached hydrogens (tertiary/aromatic N) is 3.